The Labute approximate surface area is 95.5 Å². The Morgan fingerprint density at radius 2 is 1.59 bits per heavy atom. The molecule has 0 aromatic heterocycles. The van der Waals surface area contributed by atoms with Crippen LogP contribution in [0.4, 0.5) is 14.5 Å². The third-order valence-corrected chi connectivity index (χ3v) is 2.33. The van der Waals surface area contributed by atoms with E-state index in [1.807, 2.05) is 0 Å². The molecule has 2 aromatic carbocycles. The van der Waals surface area contributed by atoms with Gasteiger partial charge in [0.15, 0.2) is 0 Å². The second-order valence-electron chi connectivity index (χ2n) is 3.40. The molecule has 0 saturated carbocycles. The molecule has 0 N–H and O–H groups in total. The Bertz CT molecular complexity index is 584. The molecule has 0 atom stereocenters. The van der Waals surface area contributed by atoms with E-state index in [1.165, 1.54) is 24.3 Å². The number of benzene rings is 2. The average molecular weight is 235 g/mol. The second kappa shape index (κ2) is 4.29. The molecule has 0 aliphatic carbocycles. The van der Waals surface area contributed by atoms with Gasteiger partial charge in [0.05, 0.1) is 11.0 Å². The van der Waals surface area contributed by atoms with Crippen LogP contribution in [0.1, 0.15) is 0 Å². The summed E-state index contributed by atoms with van der Waals surface area (Å²) in [4.78, 5) is 9.73. The molecule has 0 saturated heterocycles. The van der Waals surface area contributed by atoms with Gasteiger partial charge in [-0.05, 0) is 12.1 Å². The molecule has 0 spiro atoms. The zero-order chi connectivity index (χ0) is 12.4. The summed E-state index contributed by atoms with van der Waals surface area (Å²) in [5, 5.41) is 10.4. The summed E-state index contributed by atoms with van der Waals surface area (Å²) in [5.41, 5.74) is -0.267. The summed E-state index contributed by atoms with van der Waals surface area (Å²) < 4.78 is 27.0. The molecule has 0 unspecified atom stereocenters. The van der Waals surface area contributed by atoms with Gasteiger partial charge in [0, 0.05) is 17.2 Å². The SMILES string of the molecule is O=[N+]([O-])c1ccc(-c2ccccc2F)c(F)c1. The van der Waals surface area contributed by atoms with E-state index >= 15 is 0 Å². The third-order valence-electron chi connectivity index (χ3n) is 2.33. The Morgan fingerprint density at radius 3 is 2.18 bits per heavy atom. The van der Waals surface area contributed by atoms with Gasteiger partial charge in [-0.25, -0.2) is 8.78 Å². The van der Waals surface area contributed by atoms with Gasteiger partial charge < -0.3 is 0 Å². The fourth-order valence-corrected chi connectivity index (χ4v) is 1.52. The van der Waals surface area contributed by atoms with Gasteiger partial charge >= 0.3 is 0 Å². The van der Waals surface area contributed by atoms with Crippen molar-refractivity contribution in [2.24, 2.45) is 0 Å². The van der Waals surface area contributed by atoms with Crippen molar-refractivity contribution in [2.75, 3.05) is 0 Å². The minimum atomic E-state index is -0.815. The summed E-state index contributed by atoms with van der Waals surface area (Å²) in [7, 11) is 0. The van der Waals surface area contributed by atoms with Crippen LogP contribution in [0.15, 0.2) is 42.5 Å². The maximum Gasteiger partial charge on any atom is 0.272 e. The predicted octanol–water partition coefficient (Wildman–Crippen LogP) is 3.54. The quantitative estimate of drug-likeness (QED) is 0.590. The van der Waals surface area contributed by atoms with Crippen molar-refractivity contribution in [1.29, 1.82) is 0 Å². The van der Waals surface area contributed by atoms with Gasteiger partial charge in [0.2, 0.25) is 0 Å². The highest BCUT2D eigenvalue weighted by molar-refractivity contribution is 5.66. The van der Waals surface area contributed by atoms with E-state index in [4.69, 9.17) is 0 Å². The largest absolute Gasteiger partial charge is 0.272 e. The molecule has 0 bridgehead atoms. The topological polar surface area (TPSA) is 43.1 Å². The lowest BCUT2D eigenvalue weighted by Crippen LogP contribution is -1.92. The highest BCUT2D eigenvalue weighted by atomic mass is 19.1. The minimum absolute atomic E-state index is 0.00806. The first-order valence-electron chi connectivity index (χ1n) is 4.78. The van der Waals surface area contributed by atoms with E-state index in [0.717, 1.165) is 12.1 Å². The molecule has 2 aromatic rings. The van der Waals surface area contributed by atoms with Gasteiger partial charge in [0.1, 0.15) is 11.6 Å². The molecule has 0 heterocycles. The molecule has 17 heavy (non-hydrogen) atoms. The van der Waals surface area contributed by atoms with E-state index in [0.29, 0.717) is 0 Å². The zero-order valence-electron chi connectivity index (χ0n) is 8.56. The average Bonchev–Trinajstić information content (AvgIpc) is 2.30. The first kappa shape index (κ1) is 11.2. The number of halogens is 2. The van der Waals surface area contributed by atoms with Crippen molar-refractivity contribution in [3.63, 3.8) is 0 Å². The molecule has 0 fully saturated rings. The molecular formula is C12H7F2NO2. The van der Waals surface area contributed by atoms with Crippen molar-refractivity contribution in [3.8, 4) is 11.1 Å². The molecule has 0 amide bonds. The van der Waals surface area contributed by atoms with Gasteiger partial charge in [-0.2, -0.15) is 0 Å². The van der Waals surface area contributed by atoms with E-state index in [2.05, 4.69) is 0 Å². The summed E-state index contributed by atoms with van der Waals surface area (Å²) in [5.74, 6) is -1.38. The van der Waals surface area contributed by atoms with Crippen LogP contribution in [0, 0.1) is 21.7 Å². The van der Waals surface area contributed by atoms with Crippen LogP contribution in [0.2, 0.25) is 0 Å². The number of nitro groups is 1. The molecule has 3 nitrogen and oxygen atoms in total. The van der Waals surface area contributed by atoms with E-state index in [9.17, 15) is 18.9 Å². The zero-order valence-corrected chi connectivity index (χ0v) is 8.56. The predicted molar refractivity (Wildman–Crippen MR) is 58.4 cm³/mol. The maximum absolute atomic E-state index is 13.6. The molecule has 0 aliphatic rings. The summed E-state index contributed by atoms with van der Waals surface area (Å²) in [6, 6.07) is 8.80. The van der Waals surface area contributed by atoms with Crippen LogP contribution in [0.5, 0.6) is 0 Å². The van der Waals surface area contributed by atoms with Crippen LogP contribution in [0.25, 0.3) is 11.1 Å². The van der Waals surface area contributed by atoms with Gasteiger partial charge in [-0.3, -0.25) is 10.1 Å². The van der Waals surface area contributed by atoms with Crippen molar-refractivity contribution >= 4 is 5.69 Å². The van der Waals surface area contributed by atoms with Gasteiger partial charge in [0.25, 0.3) is 5.69 Å². The third kappa shape index (κ3) is 2.13. The lowest BCUT2D eigenvalue weighted by molar-refractivity contribution is -0.385. The fourth-order valence-electron chi connectivity index (χ4n) is 1.52. The van der Waals surface area contributed by atoms with Gasteiger partial charge in [-0.15, -0.1) is 0 Å². The maximum atomic E-state index is 13.6. The summed E-state index contributed by atoms with van der Waals surface area (Å²) >= 11 is 0. The van der Waals surface area contributed by atoms with Crippen LogP contribution in [-0.2, 0) is 0 Å². The lowest BCUT2D eigenvalue weighted by atomic mass is 10.0. The molecule has 0 radical (unpaired) electrons. The van der Waals surface area contributed by atoms with Crippen molar-refractivity contribution in [3.05, 3.63) is 64.2 Å². The van der Waals surface area contributed by atoms with Crippen LogP contribution in [0.3, 0.4) is 0 Å². The highest BCUT2D eigenvalue weighted by Gasteiger charge is 2.13. The summed E-state index contributed by atoms with van der Waals surface area (Å²) in [6.07, 6.45) is 0. The number of hydrogen-bond donors (Lipinski definition) is 0. The molecule has 86 valence electrons. The number of non-ortho nitro benzene ring substituents is 1. The van der Waals surface area contributed by atoms with Crippen LogP contribution in [-0.4, -0.2) is 4.92 Å². The molecular weight excluding hydrogens is 228 g/mol. The smallest absolute Gasteiger partial charge is 0.258 e. The van der Waals surface area contributed by atoms with Crippen LogP contribution < -0.4 is 0 Å². The van der Waals surface area contributed by atoms with Crippen LogP contribution >= 0.6 is 0 Å². The number of nitrogens with zero attached hydrogens (tertiary/aromatic N) is 1. The number of hydrogen-bond acceptors (Lipinski definition) is 2. The van der Waals surface area contributed by atoms with Crippen molar-refractivity contribution in [1.82, 2.24) is 0 Å². The number of rotatable bonds is 2. The number of nitro benzene ring substituents is 1. The van der Waals surface area contributed by atoms with E-state index in [-0.39, 0.29) is 16.8 Å². The second-order valence-corrected chi connectivity index (χ2v) is 3.40. The molecule has 2 rings (SSSR count). The highest BCUT2D eigenvalue weighted by Crippen LogP contribution is 2.27. The standard InChI is InChI=1S/C12H7F2NO2/c13-11-4-2-1-3-9(11)10-6-5-8(15(16)17)7-12(10)14/h1-7H. The van der Waals surface area contributed by atoms with Crippen molar-refractivity contribution < 1.29 is 13.7 Å². The van der Waals surface area contributed by atoms with Gasteiger partial charge in [-0.1, -0.05) is 18.2 Å². The first-order valence-corrected chi connectivity index (χ1v) is 4.78. The minimum Gasteiger partial charge on any atom is -0.258 e. The fraction of sp³-hybridized carbons (Fsp3) is 0. The Balaban J connectivity index is 2.55. The summed E-state index contributed by atoms with van der Waals surface area (Å²) in [6.45, 7) is 0. The van der Waals surface area contributed by atoms with E-state index < -0.39 is 16.6 Å². The first-order chi connectivity index (χ1) is 8.09. The Morgan fingerprint density at radius 1 is 0.941 bits per heavy atom. The molecule has 5 heteroatoms. The molecule has 0 aliphatic heterocycles. The van der Waals surface area contributed by atoms with Crippen molar-refractivity contribution in [2.45, 2.75) is 0 Å². The lowest BCUT2D eigenvalue weighted by Gasteiger charge is -2.04. The normalized spacial score (nSPS) is 10.2. The monoisotopic (exact) mass is 235 g/mol. The Hall–Kier alpha value is -2.30. The Kier molecular flexibility index (Phi) is 2.82. The van der Waals surface area contributed by atoms with E-state index in [1.54, 1.807) is 6.07 Å².